The summed E-state index contributed by atoms with van der Waals surface area (Å²) in [4.78, 5) is 12.0. The maximum Gasteiger partial charge on any atom is 0.243 e. The number of halogens is 3. The van der Waals surface area contributed by atoms with E-state index in [1.165, 1.54) is 19.2 Å². The first-order valence-corrected chi connectivity index (χ1v) is 9.64. The molecule has 26 heavy (non-hydrogen) atoms. The van der Waals surface area contributed by atoms with Crippen LogP contribution in [0.25, 0.3) is 0 Å². The van der Waals surface area contributed by atoms with Gasteiger partial charge in [-0.05, 0) is 30.3 Å². The van der Waals surface area contributed by atoms with Crippen molar-refractivity contribution >= 4 is 56.4 Å². The number of benzene rings is 2. The molecule has 0 radical (unpaired) electrons. The van der Waals surface area contributed by atoms with Crippen LogP contribution in [0.5, 0.6) is 0 Å². The summed E-state index contributed by atoms with van der Waals surface area (Å²) < 4.78 is 26.0. The number of rotatable bonds is 5. The number of likely N-dealkylation sites (N-methyl/N-ethyl adjacent to an activating group) is 1. The van der Waals surface area contributed by atoms with Crippen molar-refractivity contribution in [1.82, 2.24) is 4.31 Å². The average molecular weight is 433 g/mol. The lowest BCUT2D eigenvalue weighted by molar-refractivity contribution is -0.116. The second kappa shape index (κ2) is 8.25. The number of para-hydroxylation sites is 1. The molecule has 0 bridgehead atoms. The molecule has 0 heterocycles. The van der Waals surface area contributed by atoms with E-state index in [4.69, 9.17) is 40.1 Å². The van der Waals surface area contributed by atoms with E-state index < -0.39 is 22.5 Å². The summed E-state index contributed by atoms with van der Waals surface area (Å²) in [5.41, 5.74) is 0.354. The Morgan fingerprint density at radius 1 is 1.15 bits per heavy atom. The minimum Gasteiger partial charge on any atom is -0.322 e. The molecule has 2 rings (SSSR count). The van der Waals surface area contributed by atoms with Gasteiger partial charge in [0.2, 0.25) is 15.9 Å². The van der Waals surface area contributed by atoms with Crippen molar-refractivity contribution in [3.8, 4) is 6.07 Å². The van der Waals surface area contributed by atoms with Gasteiger partial charge in [-0.2, -0.15) is 9.57 Å². The van der Waals surface area contributed by atoms with E-state index in [0.717, 1.165) is 10.4 Å². The van der Waals surface area contributed by atoms with Crippen LogP contribution >= 0.6 is 34.8 Å². The van der Waals surface area contributed by atoms with Gasteiger partial charge in [0.25, 0.3) is 0 Å². The minimum absolute atomic E-state index is 0.00859. The van der Waals surface area contributed by atoms with Crippen molar-refractivity contribution in [2.75, 3.05) is 18.9 Å². The Morgan fingerprint density at radius 3 is 2.31 bits per heavy atom. The summed E-state index contributed by atoms with van der Waals surface area (Å²) in [5.74, 6) is -0.620. The standard InChI is InChI=1S/C16H12Cl3N3O3S/c1-22(9-15(23)21-16-12(17)3-2-4-13(16)18)26(24,25)11-6-5-10(8-20)14(19)7-11/h2-7H,9H2,1H3,(H,21,23). The zero-order valence-electron chi connectivity index (χ0n) is 13.3. The molecule has 0 aliphatic rings. The number of carbonyl (C=O) groups excluding carboxylic acids is 1. The maximum absolute atomic E-state index is 12.6. The van der Waals surface area contributed by atoms with Crippen LogP contribution in [0, 0.1) is 11.3 Å². The smallest absolute Gasteiger partial charge is 0.243 e. The van der Waals surface area contributed by atoms with Crippen molar-refractivity contribution in [1.29, 1.82) is 5.26 Å². The van der Waals surface area contributed by atoms with E-state index >= 15 is 0 Å². The topological polar surface area (TPSA) is 90.3 Å². The lowest BCUT2D eigenvalue weighted by Crippen LogP contribution is -2.35. The van der Waals surface area contributed by atoms with Crippen LogP contribution < -0.4 is 5.32 Å². The third-order valence-corrected chi connectivity index (χ3v) is 6.10. The molecule has 0 aromatic heterocycles. The highest BCUT2D eigenvalue weighted by Crippen LogP contribution is 2.30. The number of carbonyl (C=O) groups is 1. The predicted octanol–water partition coefficient (Wildman–Crippen LogP) is 3.78. The van der Waals surface area contributed by atoms with Gasteiger partial charge in [0.05, 0.1) is 37.8 Å². The molecule has 0 spiro atoms. The number of anilines is 1. The first-order valence-electron chi connectivity index (χ1n) is 7.06. The molecule has 136 valence electrons. The summed E-state index contributed by atoms with van der Waals surface area (Å²) >= 11 is 17.8. The molecule has 0 saturated carbocycles. The fourth-order valence-corrected chi connectivity index (χ4v) is 3.94. The Morgan fingerprint density at radius 2 is 1.77 bits per heavy atom. The van der Waals surface area contributed by atoms with Crippen molar-refractivity contribution in [2.24, 2.45) is 0 Å². The lowest BCUT2D eigenvalue weighted by Gasteiger charge is -2.18. The van der Waals surface area contributed by atoms with Crippen LogP contribution in [-0.4, -0.2) is 32.2 Å². The number of sulfonamides is 1. The molecule has 0 saturated heterocycles. The van der Waals surface area contributed by atoms with Crippen LogP contribution in [0.1, 0.15) is 5.56 Å². The second-order valence-corrected chi connectivity index (χ2v) is 8.43. The quantitative estimate of drug-likeness (QED) is 0.778. The van der Waals surface area contributed by atoms with E-state index in [1.54, 1.807) is 18.2 Å². The summed E-state index contributed by atoms with van der Waals surface area (Å²) in [7, 11) is -2.74. The van der Waals surface area contributed by atoms with Gasteiger partial charge in [0.1, 0.15) is 6.07 Å². The number of hydrogen-bond donors (Lipinski definition) is 1. The van der Waals surface area contributed by atoms with Crippen LogP contribution in [0.3, 0.4) is 0 Å². The van der Waals surface area contributed by atoms with Crippen LogP contribution in [0.15, 0.2) is 41.3 Å². The van der Waals surface area contributed by atoms with Gasteiger partial charge >= 0.3 is 0 Å². The Kier molecular flexibility index (Phi) is 6.50. The summed E-state index contributed by atoms with van der Waals surface area (Å²) in [6, 6.07) is 10.3. The normalized spacial score (nSPS) is 11.2. The summed E-state index contributed by atoms with van der Waals surface area (Å²) in [6.45, 7) is -0.471. The van der Waals surface area contributed by atoms with E-state index in [9.17, 15) is 13.2 Å². The summed E-state index contributed by atoms with van der Waals surface area (Å²) in [6.07, 6.45) is 0. The SMILES string of the molecule is CN(CC(=O)Nc1c(Cl)cccc1Cl)S(=O)(=O)c1ccc(C#N)c(Cl)c1. The molecule has 0 atom stereocenters. The van der Waals surface area contributed by atoms with Crippen LogP contribution in [0.2, 0.25) is 15.1 Å². The van der Waals surface area contributed by atoms with Crippen molar-refractivity contribution in [3.05, 3.63) is 57.0 Å². The third-order valence-electron chi connectivity index (χ3n) is 3.36. The minimum atomic E-state index is -3.98. The lowest BCUT2D eigenvalue weighted by atomic mass is 10.2. The van der Waals surface area contributed by atoms with E-state index in [0.29, 0.717) is 0 Å². The number of nitriles is 1. The van der Waals surface area contributed by atoms with E-state index in [2.05, 4.69) is 5.32 Å². The van der Waals surface area contributed by atoms with Gasteiger partial charge in [0.15, 0.2) is 0 Å². The molecule has 2 aromatic rings. The number of nitrogens with zero attached hydrogens (tertiary/aromatic N) is 2. The van der Waals surface area contributed by atoms with Crippen molar-refractivity contribution in [3.63, 3.8) is 0 Å². The third kappa shape index (κ3) is 4.47. The van der Waals surface area contributed by atoms with Gasteiger partial charge in [-0.3, -0.25) is 4.79 Å². The first kappa shape index (κ1) is 20.5. The van der Waals surface area contributed by atoms with Gasteiger partial charge in [-0.1, -0.05) is 40.9 Å². The molecular weight excluding hydrogens is 421 g/mol. The first-order chi connectivity index (χ1) is 12.2. The van der Waals surface area contributed by atoms with Gasteiger partial charge in [-0.15, -0.1) is 0 Å². The Hall–Kier alpha value is -1.82. The molecule has 1 amide bonds. The Labute approximate surface area is 165 Å². The molecule has 6 nitrogen and oxygen atoms in total. The van der Waals surface area contributed by atoms with E-state index in [1.807, 2.05) is 6.07 Å². The molecule has 0 unspecified atom stereocenters. The highest BCUT2D eigenvalue weighted by atomic mass is 35.5. The molecule has 0 aliphatic heterocycles. The molecule has 1 N–H and O–H groups in total. The van der Waals surface area contributed by atoms with Gasteiger partial charge in [-0.25, -0.2) is 8.42 Å². The zero-order chi connectivity index (χ0) is 19.5. The molecule has 0 aliphatic carbocycles. The average Bonchev–Trinajstić information content (AvgIpc) is 2.58. The van der Waals surface area contributed by atoms with E-state index in [-0.39, 0.29) is 31.2 Å². The fourth-order valence-electron chi connectivity index (χ4n) is 2.01. The second-order valence-electron chi connectivity index (χ2n) is 5.16. The van der Waals surface area contributed by atoms with Crippen molar-refractivity contribution < 1.29 is 13.2 Å². The fraction of sp³-hybridized carbons (Fsp3) is 0.125. The Balaban J connectivity index is 2.18. The Bertz CT molecular complexity index is 983. The highest BCUT2D eigenvalue weighted by molar-refractivity contribution is 7.89. The zero-order valence-corrected chi connectivity index (χ0v) is 16.4. The number of nitrogens with one attached hydrogen (secondary N) is 1. The molecular formula is C16H12Cl3N3O3S. The number of hydrogen-bond acceptors (Lipinski definition) is 4. The highest BCUT2D eigenvalue weighted by Gasteiger charge is 2.24. The number of amides is 1. The van der Waals surface area contributed by atoms with Gasteiger partial charge in [0, 0.05) is 7.05 Å². The summed E-state index contributed by atoms with van der Waals surface area (Å²) in [5, 5.41) is 11.8. The molecule has 0 fully saturated rings. The largest absolute Gasteiger partial charge is 0.322 e. The predicted molar refractivity (Wildman–Crippen MR) is 101 cm³/mol. The molecule has 10 heteroatoms. The van der Waals surface area contributed by atoms with Crippen molar-refractivity contribution in [2.45, 2.75) is 4.90 Å². The maximum atomic E-state index is 12.6. The molecule has 2 aromatic carbocycles. The van der Waals surface area contributed by atoms with Crippen LogP contribution in [0.4, 0.5) is 5.69 Å². The monoisotopic (exact) mass is 431 g/mol. The van der Waals surface area contributed by atoms with Gasteiger partial charge < -0.3 is 5.32 Å². The van der Waals surface area contributed by atoms with Crippen LogP contribution in [-0.2, 0) is 14.8 Å².